The van der Waals surface area contributed by atoms with E-state index in [1.54, 1.807) is 43.5 Å². The van der Waals surface area contributed by atoms with Crippen LogP contribution in [0.4, 0.5) is 5.69 Å². The fraction of sp³-hybridized carbons (Fsp3) is 0.133. The Hall–Kier alpha value is -1.47. The molecule has 0 atom stereocenters. The Morgan fingerprint density at radius 1 is 1.19 bits per heavy atom. The van der Waals surface area contributed by atoms with Crippen molar-refractivity contribution in [1.29, 1.82) is 0 Å². The standard InChI is InChI=1S/C15H13ClINO3/c1-20-13-7-9(6-12(17)14(13)21-2)15(19)18-11-5-3-4-10(16)8-11/h3-8H,1-2H3,(H,18,19). The van der Waals surface area contributed by atoms with Crippen LogP contribution in [-0.2, 0) is 0 Å². The van der Waals surface area contributed by atoms with Gasteiger partial charge in [0.1, 0.15) is 0 Å². The Bertz CT molecular complexity index is 676. The molecule has 0 unspecified atom stereocenters. The second-order valence-electron chi connectivity index (χ2n) is 4.16. The molecule has 0 bridgehead atoms. The quantitative estimate of drug-likeness (QED) is 0.758. The first-order valence-corrected chi connectivity index (χ1v) is 7.49. The zero-order valence-electron chi connectivity index (χ0n) is 11.4. The number of nitrogens with one attached hydrogen (secondary N) is 1. The Morgan fingerprint density at radius 3 is 2.57 bits per heavy atom. The predicted octanol–water partition coefficient (Wildman–Crippen LogP) is 4.21. The van der Waals surface area contributed by atoms with Gasteiger partial charge >= 0.3 is 0 Å². The molecule has 0 saturated carbocycles. The summed E-state index contributed by atoms with van der Waals surface area (Å²) >= 11 is 8.00. The van der Waals surface area contributed by atoms with Gasteiger partial charge in [-0.2, -0.15) is 0 Å². The van der Waals surface area contributed by atoms with Gasteiger partial charge in [-0.25, -0.2) is 0 Å². The fourth-order valence-electron chi connectivity index (χ4n) is 1.82. The van der Waals surface area contributed by atoms with E-state index in [-0.39, 0.29) is 5.91 Å². The number of benzene rings is 2. The van der Waals surface area contributed by atoms with E-state index in [0.717, 1.165) is 3.57 Å². The number of carbonyl (C=O) groups excluding carboxylic acids is 1. The van der Waals surface area contributed by atoms with Crippen LogP contribution >= 0.6 is 34.2 Å². The molecule has 0 fully saturated rings. The predicted molar refractivity (Wildman–Crippen MR) is 91.7 cm³/mol. The van der Waals surface area contributed by atoms with Crippen molar-refractivity contribution >= 4 is 45.8 Å². The lowest BCUT2D eigenvalue weighted by molar-refractivity contribution is 0.102. The monoisotopic (exact) mass is 417 g/mol. The van der Waals surface area contributed by atoms with Crippen molar-refractivity contribution in [2.45, 2.75) is 0 Å². The Labute approximate surface area is 141 Å². The van der Waals surface area contributed by atoms with Crippen molar-refractivity contribution in [1.82, 2.24) is 0 Å². The van der Waals surface area contributed by atoms with Gasteiger partial charge in [0, 0.05) is 16.3 Å². The van der Waals surface area contributed by atoms with Crippen LogP contribution in [0.3, 0.4) is 0 Å². The molecule has 1 N–H and O–H groups in total. The molecule has 2 aromatic rings. The summed E-state index contributed by atoms with van der Waals surface area (Å²) in [7, 11) is 3.10. The third kappa shape index (κ3) is 3.79. The van der Waals surface area contributed by atoms with Gasteiger partial charge in [-0.1, -0.05) is 17.7 Å². The third-order valence-corrected chi connectivity index (χ3v) is 3.81. The minimum absolute atomic E-state index is 0.240. The first-order chi connectivity index (χ1) is 10.0. The van der Waals surface area contributed by atoms with Crippen LogP contribution in [0.1, 0.15) is 10.4 Å². The molecule has 0 aliphatic rings. The highest BCUT2D eigenvalue weighted by molar-refractivity contribution is 14.1. The van der Waals surface area contributed by atoms with Crippen LogP contribution in [0.15, 0.2) is 36.4 Å². The van der Waals surface area contributed by atoms with E-state index in [0.29, 0.717) is 27.8 Å². The van der Waals surface area contributed by atoms with Crippen molar-refractivity contribution in [2.24, 2.45) is 0 Å². The molecule has 2 aromatic carbocycles. The van der Waals surface area contributed by atoms with Crippen LogP contribution in [0.5, 0.6) is 11.5 Å². The maximum absolute atomic E-state index is 12.3. The minimum atomic E-state index is -0.240. The first-order valence-electron chi connectivity index (χ1n) is 6.03. The van der Waals surface area contributed by atoms with Gasteiger partial charge in [0.15, 0.2) is 11.5 Å². The van der Waals surface area contributed by atoms with Gasteiger partial charge in [0.25, 0.3) is 5.91 Å². The topological polar surface area (TPSA) is 47.6 Å². The largest absolute Gasteiger partial charge is 0.493 e. The molecule has 0 spiro atoms. The molecule has 0 saturated heterocycles. The number of halogens is 2. The first kappa shape index (κ1) is 15.9. The highest BCUT2D eigenvalue weighted by Crippen LogP contribution is 2.33. The second-order valence-corrected chi connectivity index (χ2v) is 5.76. The van der Waals surface area contributed by atoms with Gasteiger partial charge in [-0.3, -0.25) is 4.79 Å². The number of methoxy groups -OCH3 is 2. The summed E-state index contributed by atoms with van der Waals surface area (Å²) in [6.45, 7) is 0. The number of amides is 1. The average Bonchev–Trinajstić information content (AvgIpc) is 2.46. The summed E-state index contributed by atoms with van der Waals surface area (Å²) in [5.74, 6) is 0.884. The van der Waals surface area contributed by atoms with Gasteiger partial charge in [-0.15, -0.1) is 0 Å². The van der Waals surface area contributed by atoms with Crippen molar-refractivity contribution in [3.63, 3.8) is 0 Å². The fourth-order valence-corrected chi connectivity index (χ4v) is 2.83. The number of hydrogen-bond donors (Lipinski definition) is 1. The third-order valence-electron chi connectivity index (χ3n) is 2.78. The average molecular weight is 418 g/mol. The molecular formula is C15H13ClINO3. The second kappa shape index (κ2) is 7.00. The molecule has 1 amide bonds. The molecule has 0 aliphatic carbocycles. The van der Waals surface area contributed by atoms with E-state index >= 15 is 0 Å². The lowest BCUT2D eigenvalue weighted by Gasteiger charge is -2.12. The Balaban J connectivity index is 2.29. The summed E-state index contributed by atoms with van der Waals surface area (Å²) in [4.78, 5) is 12.3. The van der Waals surface area contributed by atoms with E-state index in [4.69, 9.17) is 21.1 Å². The molecule has 110 valence electrons. The molecule has 2 rings (SSSR count). The summed E-state index contributed by atoms with van der Waals surface area (Å²) in [6.07, 6.45) is 0. The van der Waals surface area contributed by atoms with Crippen molar-refractivity contribution in [3.8, 4) is 11.5 Å². The molecule has 0 aromatic heterocycles. The van der Waals surface area contributed by atoms with Crippen molar-refractivity contribution in [2.75, 3.05) is 19.5 Å². The van der Waals surface area contributed by atoms with Gasteiger partial charge in [0.05, 0.1) is 17.8 Å². The van der Waals surface area contributed by atoms with Crippen LogP contribution in [0.2, 0.25) is 5.02 Å². The maximum Gasteiger partial charge on any atom is 0.255 e. The SMILES string of the molecule is COc1cc(C(=O)Nc2cccc(Cl)c2)cc(I)c1OC. The van der Waals surface area contributed by atoms with Crippen LogP contribution in [0.25, 0.3) is 0 Å². The summed E-state index contributed by atoms with van der Waals surface area (Å²) in [6, 6.07) is 10.4. The van der Waals surface area contributed by atoms with Crippen LogP contribution in [0, 0.1) is 3.57 Å². The molecule has 21 heavy (non-hydrogen) atoms. The highest BCUT2D eigenvalue weighted by Gasteiger charge is 2.15. The van der Waals surface area contributed by atoms with E-state index in [2.05, 4.69) is 27.9 Å². The van der Waals surface area contributed by atoms with Gasteiger partial charge in [-0.05, 0) is 52.9 Å². The Morgan fingerprint density at radius 2 is 1.95 bits per heavy atom. The number of ether oxygens (including phenoxy) is 2. The molecular weight excluding hydrogens is 405 g/mol. The Kier molecular flexibility index (Phi) is 5.30. The zero-order chi connectivity index (χ0) is 15.4. The minimum Gasteiger partial charge on any atom is -0.493 e. The smallest absolute Gasteiger partial charge is 0.255 e. The van der Waals surface area contributed by atoms with Crippen molar-refractivity contribution in [3.05, 3.63) is 50.6 Å². The lowest BCUT2D eigenvalue weighted by Crippen LogP contribution is -2.12. The lowest BCUT2D eigenvalue weighted by atomic mass is 10.2. The van der Waals surface area contributed by atoms with E-state index in [1.807, 2.05) is 0 Å². The van der Waals surface area contributed by atoms with E-state index < -0.39 is 0 Å². The normalized spacial score (nSPS) is 10.1. The molecule has 6 heteroatoms. The molecule has 0 heterocycles. The number of carbonyl (C=O) groups is 1. The summed E-state index contributed by atoms with van der Waals surface area (Å²) in [5, 5.41) is 3.36. The zero-order valence-corrected chi connectivity index (χ0v) is 14.4. The number of rotatable bonds is 4. The van der Waals surface area contributed by atoms with E-state index in [9.17, 15) is 4.79 Å². The van der Waals surface area contributed by atoms with E-state index in [1.165, 1.54) is 7.11 Å². The summed E-state index contributed by atoms with van der Waals surface area (Å²) in [5.41, 5.74) is 1.12. The summed E-state index contributed by atoms with van der Waals surface area (Å²) < 4.78 is 11.3. The maximum atomic E-state index is 12.3. The number of hydrogen-bond acceptors (Lipinski definition) is 3. The highest BCUT2D eigenvalue weighted by atomic mass is 127. The van der Waals surface area contributed by atoms with Crippen LogP contribution in [-0.4, -0.2) is 20.1 Å². The van der Waals surface area contributed by atoms with Crippen molar-refractivity contribution < 1.29 is 14.3 Å². The molecule has 0 aliphatic heterocycles. The molecule has 4 nitrogen and oxygen atoms in total. The van der Waals surface area contributed by atoms with Crippen LogP contribution < -0.4 is 14.8 Å². The van der Waals surface area contributed by atoms with Gasteiger partial charge < -0.3 is 14.8 Å². The number of anilines is 1. The molecule has 0 radical (unpaired) electrons. The van der Waals surface area contributed by atoms with Gasteiger partial charge in [0.2, 0.25) is 0 Å².